The van der Waals surface area contributed by atoms with E-state index in [1.807, 2.05) is 0 Å². The third kappa shape index (κ3) is 4.22. The molecule has 6 nitrogen and oxygen atoms in total. The number of carbonyl (C=O) groups excluding carboxylic acids is 1. The fourth-order valence-corrected chi connectivity index (χ4v) is 1.47. The van der Waals surface area contributed by atoms with Gasteiger partial charge in [-0.3, -0.25) is 4.79 Å². The van der Waals surface area contributed by atoms with Gasteiger partial charge >= 0.3 is 5.97 Å². The van der Waals surface area contributed by atoms with Crippen LogP contribution in [0.3, 0.4) is 0 Å². The Hall–Kier alpha value is -2.15. The normalized spacial score (nSPS) is 11.9. The molecule has 1 unspecified atom stereocenters. The molecule has 0 saturated carbocycles. The van der Waals surface area contributed by atoms with Crippen LogP contribution < -0.4 is 11.1 Å². The van der Waals surface area contributed by atoms with Crippen LogP contribution in [0.5, 0.6) is 0 Å². The molecule has 0 radical (unpaired) electrons. The first-order chi connectivity index (χ1) is 8.95. The number of carboxylic acid groups (broad SMARTS) is 1. The quantitative estimate of drug-likeness (QED) is 0.681. The second kappa shape index (κ2) is 6.69. The van der Waals surface area contributed by atoms with Crippen LogP contribution in [0, 0.1) is 5.82 Å². The van der Waals surface area contributed by atoms with Gasteiger partial charge < -0.3 is 20.9 Å². The average molecular weight is 270 g/mol. The van der Waals surface area contributed by atoms with Gasteiger partial charge in [0, 0.05) is 25.7 Å². The van der Waals surface area contributed by atoms with Gasteiger partial charge in [0.2, 0.25) is 5.91 Å². The highest BCUT2D eigenvalue weighted by atomic mass is 19.1. The summed E-state index contributed by atoms with van der Waals surface area (Å²) in [5, 5.41) is 11.5. The van der Waals surface area contributed by atoms with Crippen molar-refractivity contribution in [3.8, 4) is 0 Å². The predicted molar refractivity (Wildman–Crippen MR) is 66.5 cm³/mol. The summed E-state index contributed by atoms with van der Waals surface area (Å²) < 4.78 is 18.4. The summed E-state index contributed by atoms with van der Waals surface area (Å²) in [6, 6.07) is 2.58. The first-order valence-corrected chi connectivity index (χ1v) is 5.53. The third-order valence-electron chi connectivity index (χ3n) is 2.49. The zero-order chi connectivity index (χ0) is 14.4. The van der Waals surface area contributed by atoms with Crippen molar-refractivity contribution in [1.29, 1.82) is 0 Å². The van der Waals surface area contributed by atoms with Crippen molar-refractivity contribution in [3.05, 3.63) is 29.6 Å². The molecule has 0 bridgehead atoms. The van der Waals surface area contributed by atoms with E-state index in [0.29, 0.717) is 0 Å². The molecule has 1 atom stereocenters. The minimum atomic E-state index is -1.12. The number of anilines is 1. The van der Waals surface area contributed by atoms with Gasteiger partial charge in [-0.2, -0.15) is 0 Å². The second-order valence-corrected chi connectivity index (χ2v) is 3.88. The number of amides is 1. The standard InChI is InChI=1S/C12H15FN2O4/c1-19-5-4-10(12(17)18)15-9-3-2-7(11(14)16)6-8(9)13/h2-3,6,10,15H,4-5H2,1H3,(H2,14,16)(H,17,18). The molecule has 104 valence electrons. The number of carbonyl (C=O) groups is 2. The number of carboxylic acids is 1. The molecule has 1 rings (SSSR count). The number of aliphatic carboxylic acids is 1. The molecule has 0 fully saturated rings. The fourth-order valence-electron chi connectivity index (χ4n) is 1.47. The molecule has 0 spiro atoms. The van der Waals surface area contributed by atoms with E-state index in [1.165, 1.54) is 19.2 Å². The molecule has 7 heteroatoms. The lowest BCUT2D eigenvalue weighted by molar-refractivity contribution is -0.138. The van der Waals surface area contributed by atoms with E-state index in [1.54, 1.807) is 0 Å². The summed E-state index contributed by atoms with van der Waals surface area (Å²) in [5.74, 6) is -2.60. The summed E-state index contributed by atoms with van der Waals surface area (Å²) in [6.07, 6.45) is 0.183. The summed E-state index contributed by atoms with van der Waals surface area (Å²) in [5.41, 5.74) is 5.03. The van der Waals surface area contributed by atoms with Crippen molar-refractivity contribution in [2.24, 2.45) is 5.73 Å². The molecule has 1 aromatic carbocycles. The summed E-state index contributed by atoms with van der Waals surface area (Å²) in [4.78, 5) is 21.8. The van der Waals surface area contributed by atoms with Crippen molar-refractivity contribution >= 4 is 17.6 Å². The number of hydrogen-bond donors (Lipinski definition) is 3. The zero-order valence-corrected chi connectivity index (χ0v) is 10.4. The van der Waals surface area contributed by atoms with Gasteiger partial charge in [-0.05, 0) is 18.2 Å². The molecule has 0 aromatic heterocycles. The maximum Gasteiger partial charge on any atom is 0.326 e. The maximum atomic E-state index is 13.7. The third-order valence-corrected chi connectivity index (χ3v) is 2.49. The van der Waals surface area contributed by atoms with Crippen LogP contribution in [0.4, 0.5) is 10.1 Å². The molecule has 4 N–H and O–H groups in total. The number of hydrogen-bond acceptors (Lipinski definition) is 4. The van der Waals surface area contributed by atoms with Gasteiger partial charge in [0.15, 0.2) is 0 Å². The van der Waals surface area contributed by atoms with Crippen LogP contribution in [0.1, 0.15) is 16.8 Å². The number of primary amides is 1. The van der Waals surface area contributed by atoms with E-state index in [-0.39, 0.29) is 24.3 Å². The van der Waals surface area contributed by atoms with Crippen LogP contribution in [0.2, 0.25) is 0 Å². The highest BCUT2D eigenvalue weighted by Crippen LogP contribution is 2.17. The molecule has 1 aromatic rings. The highest BCUT2D eigenvalue weighted by molar-refractivity contribution is 5.93. The fraction of sp³-hybridized carbons (Fsp3) is 0.333. The molecular formula is C12H15FN2O4. The molecule has 0 aliphatic rings. The average Bonchev–Trinajstić information content (AvgIpc) is 2.35. The summed E-state index contributed by atoms with van der Waals surface area (Å²) >= 11 is 0. The van der Waals surface area contributed by atoms with Crippen LogP contribution in [0.25, 0.3) is 0 Å². The van der Waals surface area contributed by atoms with E-state index in [0.717, 1.165) is 6.07 Å². The Morgan fingerprint density at radius 1 is 1.53 bits per heavy atom. The number of nitrogens with one attached hydrogen (secondary N) is 1. The van der Waals surface area contributed by atoms with Crippen molar-refractivity contribution in [2.45, 2.75) is 12.5 Å². The summed E-state index contributed by atoms with van der Waals surface area (Å²) in [7, 11) is 1.45. The van der Waals surface area contributed by atoms with Gasteiger partial charge in [0.1, 0.15) is 11.9 Å². The largest absolute Gasteiger partial charge is 0.480 e. The number of halogens is 1. The number of nitrogens with two attached hydrogens (primary N) is 1. The van der Waals surface area contributed by atoms with Crippen molar-refractivity contribution in [1.82, 2.24) is 0 Å². The van der Waals surface area contributed by atoms with Crippen LogP contribution in [-0.4, -0.2) is 36.7 Å². The van der Waals surface area contributed by atoms with E-state index in [2.05, 4.69) is 5.32 Å². The van der Waals surface area contributed by atoms with Crippen LogP contribution in [0.15, 0.2) is 18.2 Å². The topological polar surface area (TPSA) is 102 Å². The van der Waals surface area contributed by atoms with Gasteiger partial charge in [-0.25, -0.2) is 9.18 Å². The van der Waals surface area contributed by atoms with Gasteiger partial charge in [-0.1, -0.05) is 0 Å². The molecule has 19 heavy (non-hydrogen) atoms. The number of ether oxygens (including phenoxy) is 1. The van der Waals surface area contributed by atoms with Gasteiger partial charge in [0.25, 0.3) is 0 Å². The monoisotopic (exact) mass is 270 g/mol. The highest BCUT2D eigenvalue weighted by Gasteiger charge is 2.18. The zero-order valence-electron chi connectivity index (χ0n) is 10.4. The van der Waals surface area contributed by atoms with E-state index in [9.17, 15) is 14.0 Å². The first kappa shape index (κ1) is 14.9. The molecule has 0 saturated heterocycles. The molecule has 1 amide bonds. The van der Waals surface area contributed by atoms with Gasteiger partial charge in [-0.15, -0.1) is 0 Å². The van der Waals surface area contributed by atoms with Crippen molar-refractivity contribution in [2.75, 3.05) is 19.0 Å². The smallest absolute Gasteiger partial charge is 0.326 e. The first-order valence-electron chi connectivity index (χ1n) is 5.53. The van der Waals surface area contributed by atoms with Crippen molar-refractivity contribution < 1.29 is 23.8 Å². The maximum absolute atomic E-state index is 13.7. The number of benzene rings is 1. The minimum Gasteiger partial charge on any atom is -0.480 e. The summed E-state index contributed by atoms with van der Waals surface area (Å²) in [6.45, 7) is 0.227. The molecule has 0 aliphatic heterocycles. The SMILES string of the molecule is COCCC(Nc1ccc(C(N)=O)cc1F)C(=O)O. The number of methoxy groups -OCH3 is 1. The molecular weight excluding hydrogens is 255 g/mol. The Labute approximate surface area is 109 Å². The lowest BCUT2D eigenvalue weighted by atomic mass is 10.1. The Balaban J connectivity index is 2.84. The van der Waals surface area contributed by atoms with E-state index >= 15 is 0 Å². The molecule has 0 heterocycles. The lowest BCUT2D eigenvalue weighted by Gasteiger charge is -2.16. The Bertz CT molecular complexity index is 479. The second-order valence-electron chi connectivity index (χ2n) is 3.88. The minimum absolute atomic E-state index is 0.00602. The van der Waals surface area contributed by atoms with Gasteiger partial charge in [0.05, 0.1) is 5.69 Å². The Morgan fingerprint density at radius 3 is 2.68 bits per heavy atom. The Morgan fingerprint density at radius 2 is 2.21 bits per heavy atom. The van der Waals surface area contributed by atoms with E-state index in [4.69, 9.17) is 15.6 Å². The lowest BCUT2D eigenvalue weighted by Crippen LogP contribution is -2.31. The number of rotatable bonds is 7. The Kier molecular flexibility index (Phi) is 5.25. The molecule has 0 aliphatic carbocycles. The predicted octanol–water partition coefficient (Wildman–Crippen LogP) is 0.826. The van der Waals surface area contributed by atoms with Crippen LogP contribution >= 0.6 is 0 Å². The van der Waals surface area contributed by atoms with Crippen LogP contribution in [-0.2, 0) is 9.53 Å². The van der Waals surface area contributed by atoms with E-state index < -0.39 is 23.7 Å². The van der Waals surface area contributed by atoms with Crippen molar-refractivity contribution in [3.63, 3.8) is 0 Å².